The van der Waals surface area contributed by atoms with Crippen molar-refractivity contribution in [2.75, 3.05) is 13.6 Å². The number of amides is 1. The Kier molecular flexibility index (Phi) is 7.68. The molecule has 0 bridgehead atoms. The molecular weight excluding hydrogens is 360 g/mol. The molecule has 29 heavy (non-hydrogen) atoms. The maximum absolute atomic E-state index is 12.5. The van der Waals surface area contributed by atoms with Gasteiger partial charge in [0.2, 0.25) is 5.91 Å². The molecule has 154 valence electrons. The second kappa shape index (κ2) is 10.6. The van der Waals surface area contributed by atoms with Crippen molar-refractivity contribution >= 4 is 11.9 Å². The van der Waals surface area contributed by atoms with E-state index < -0.39 is 0 Å². The van der Waals surface area contributed by atoms with E-state index in [1.807, 2.05) is 23.1 Å². The predicted octanol–water partition coefficient (Wildman–Crippen LogP) is 3.50. The molecule has 2 aromatic rings. The van der Waals surface area contributed by atoms with Crippen LogP contribution in [-0.4, -0.2) is 36.4 Å². The number of fused-ring (bicyclic) bond motifs is 1. The first-order chi connectivity index (χ1) is 14.2. The van der Waals surface area contributed by atoms with Crippen LogP contribution < -0.4 is 10.6 Å². The first-order valence-corrected chi connectivity index (χ1v) is 10.5. The van der Waals surface area contributed by atoms with Gasteiger partial charge in [0.25, 0.3) is 0 Å². The van der Waals surface area contributed by atoms with E-state index in [-0.39, 0.29) is 5.91 Å². The Balaban J connectivity index is 1.32. The van der Waals surface area contributed by atoms with Crippen molar-refractivity contribution < 1.29 is 4.79 Å². The lowest BCUT2D eigenvalue weighted by Gasteiger charge is -2.18. The van der Waals surface area contributed by atoms with E-state index in [0.717, 1.165) is 44.9 Å². The number of rotatable bonds is 8. The monoisotopic (exact) mass is 392 g/mol. The van der Waals surface area contributed by atoms with Crippen LogP contribution in [0, 0.1) is 0 Å². The first kappa shape index (κ1) is 20.9. The topological polar surface area (TPSA) is 56.7 Å². The van der Waals surface area contributed by atoms with E-state index in [1.54, 1.807) is 7.05 Å². The molecule has 2 N–H and O–H groups in total. The molecule has 0 fully saturated rings. The molecule has 0 radical (unpaired) electrons. The summed E-state index contributed by atoms with van der Waals surface area (Å²) in [6, 6.07) is 19.2. The maximum Gasteiger partial charge on any atom is 0.223 e. The standard InChI is InChI=1S/C24H32N4O/c1-19(14-15-20-9-4-3-5-10-20)27-24(25-2)26-16-8-13-23(29)28-17-21-11-6-7-12-22(21)18-28/h3-7,9-12,19H,8,13-18H2,1-2H3,(H2,25,26,27). The highest BCUT2D eigenvalue weighted by Crippen LogP contribution is 2.22. The smallest absolute Gasteiger partial charge is 0.223 e. The van der Waals surface area contributed by atoms with Gasteiger partial charge < -0.3 is 15.5 Å². The molecule has 1 aliphatic rings. The van der Waals surface area contributed by atoms with Gasteiger partial charge in [-0.3, -0.25) is 9.79 Å². The summed E-state index contributed by atoms with van der Waals surface area (Å²) in [6.07, 6.45) is 3.43. The van der Waals surface area contributed by atoms with Crippen molar-refractivity contribution in [1.82, 2.24) is 15.5 Å². The predicted molar refractivity (Wildman–Crippen MR) is 119 cm³/mol. The fourth-order valence-corrected chi connectivity index (χ4v) is 3.64. The van der Waals surface area contributed by atoms with E-state index in [2.05, 4.69) is 58.9 Å². The van der Waals surface area contributed by atoms with E-state index in [1.165, 1.54) is 16.7 Å². The van der Waals surface area contributed by atoms with E-state index in [0.29, 0.717) is 12.5 Å². The molecule has 3 rings (SSSR count). The second-order valence-electron chi connectivity index (χ2n) is 7.69. The van der Waals surface area contributed by atoms with Crippen LogP contribution >= 0.6 is 0 Å². The van der Waals surface area contributed by atoms with Crippen LogP contribution in [0.4, 0.5) is 0 Å². The minimum absolute atomic E-state index is 0.224. The van der Waals surface area contributed by atoms with E-state index in [9.17, 15) is 4.79 Å². The number of aryl methyl sites for hydroxylation is 1. The van der Waals surface area contributed by atoms with Crippen molar-refractivity contribution in [2.45, 2.75) is 51.7 Å². The minimum Gasteiger partial charge on any atom is -0.356 e. The Morgan fingerprint density at radius 1 is 1.07 bits per heavy atom. The van der Waals surface area contributed by atoms with Crippen LogP contribution in [0.25, 0.3) is 0 Å². The van der Waals surface area contributed by atoms with Gasteiger partial charge >= 0.3 is 0 Å². The molecule has 1 heterocycles. The molecule has 2 aromatic carbocycles. The highest BCUT2D eigenvalue weighted by Gasteiger charge is 2.22. The van der Waals surface area contributed by atoms with Crippen molar-refractivity contribution in [2.24, 2.45) is 4.99 Å². The molecule has 1 amide bonds. The average Bonchev–Trinajstić information content (AvgIpc) is 3.19. The molecular formula is C24H32N4O. The number of carbonyl (C=O) groups is 1. The van der Waals surface area contributed by atoms with Gasteiger partial charge in [0.05, 0.1) is 0 Å². The fourth-order valence-electron chi connectivity index (χ4n) is 3.64. The zero-order valence-electron chi connectivity index (χ0n) is 17.5. The molecule has 0 saturated carbocycles. The summed E-state index contributed by atoms with van der Waals surface area (Å²) in [7, 11) is 1.78. The zero-order chi connectivity index (χ0) is 20.5. The summed E-state index contributed by atoms with van der Waals surface area (Å²) in [5, 5.41) is 6.77. The molecule has 0 saturated heterocycles. The molecule has 1 unspecified atom stereocenters. The third-order valence-electron chi connectivity index (χ3n) is 5.37. The van der Waals surface area contributed by atoms with Gasteiger partial charge in [-0.2, -0.15) is 0 Å². The molecule has 0 spiro atoms. The molecule has 5 heteroatoms. The first-order valence-electron chi connectivity index (χ1n) is 10.5. The van der Waals surface area contributed by atoms with Crippen LogP contribution in [0.3, 0.4) is 0 Å². The van der Waals surface area contributed by atoms with E-state index in [4.69, 9.17) is 0 Å². The summed E-state index contributed by atoms with van der Waals surface area (Å²) in [5.41, 5.74) is 3.90. The van der Waals surface area contributed by atoms with Gasteiger partial charge in [-0.15, -0.1) is 0 Å². The molecule has 5 nitrogen and oxygen atoms in total. The van der Waals surface area contributed by atoms with Crippen LogP contribution in [0.5, 0.6) is 0 Å². The van der Waals surface area contributed by atoms with Gasteiger partial charge in [0.15, 0.2) is 5.96 Å². The van der Waals surface area contributed by atoms with Gasteiger partial charge in [-0.1, -0.05) is 54.6 Å². The summed E-state index contributed by atoms with van der Waals surface area (Å²) in [5.74, 6) is 1.02. The Hall–Kier alpha value is -2.82. The van der Waals surface area contributed by atoms with Crippen molar-refractivity contribution in [3.63, 3.8) is 0 Å². The Bertz CT molecular complexity index is 794. The normalized spacial score (nSPS) is 14.4. The van der Waals surface area contributed by atoms with Crippen molar-refractivity contribution in [1.29, 1.82) is 0 Å². The number of guanidine groups is 1. The van der Waals surface area contributed by atoms with Gasteiger partial charge in [-0.25, -0.2) is 0 Å². The van der Waals surface area contributed by atoms with Gasteiger partial charge in [0, 0.05) is 39.1 Å². The molecule has 0 aliphatic carbocycles. The van der Waals surface area contributed by atoms with E-state index >= 15 is 0 Å². The third-order valence-corrected chi connectivity index (χ3v) is 5.37. The summed E-state index contributed by atoms with van der Waals surface area (Å²) >= 11 is 0. The SMILES string of the molecule is CN=C(NCCCC(=O)N1Cc2ccccc2C1)NC(C)CCc1ccccc1. The Labute approximate surface area is 174 Å². The highest BCUT2D eigenvalue weighted by molar-refractivity contribution is 5.80. The number of aliphatic imine (C=N–C) groups is 1. The number of hydrogen-bond acceptors (Lipinski definition) is 2. The highest BCUT2D eigenvalue weighted by atomic mass is 16.2. The van der Waals surface area contributed by atoms with Gasteiger partial charge in [-0.05, 0) is 42.9 Å². The van der Waals surface area contributed by atoms with Crippen LogP contribution in [-0.2, 0) is 24.3 Å². The number of hydrogen-bond donors (Lipinski definition) is 2. The lowest BCUT2D eigenvalue weighted by molar-refractivity contribution is -0.131. The largest absolute Gasteiger partial charge is 0.356 e. The van der Waals surface area contributed by atoms with Gasteiger partial charge in [0.1, 0.15) is 0 Å². The molecule has 1 atom stereocenters. The van der Waals surface area contributed by atoms with Crippen LogP contribution in [0.15, 0.2) is 59.6 Å². The summed E-state index contributed by atoms with van der Waals surface area (Å²) < 4.78 is 0. The fraction of sp³-hybridized carbons (Fsp3) is 0.417. The van der Waals surface area contributed by atoms with Crippen LogP contribution in [0.2, 0.25) is 0 Å². The van der Waals surface area contributed by atoms with Crippen LogP contribution in [0.1, 0.15) is 42.9 Å². The third kappa shape index (κ3) is 6.34. The van der Waals surface area contributed by atoms with Crippen molar-refractivity contribution in [3.8, 4) is 0 Å². The van der Waals surface area contributed by atoms with Crippen molar-refractivity contribution in [3.05, 3.63) is 71.3 Å². The molecule has 0 aromatic heterocycles. The maximum atomic E-state index is 12.5. The Morgan fingerprint density at radius 3 is 2.38 bits per heavy atom. The Morgan fingerprint density at radius 2 is 1.72 bits per heavy atom. The second-order valence-corrected chi connectivity index (χ2v) is 7.69. The minimum atomic E-state index is 0.224. The number of carbonyl (C=O) groups excluding carboxylic acids is 1. The molecule has 1 aliphatic heterocycles. The number of benzene rings is 2. The average molecular weight is 393 g/mol. The summed E-state index contributed by atoms with van der Waals surface area (Å²) in [6.45, 7) is 4.39. The number of nitrogens with zero attached hydrogens (tertiary/aromatic N) is 2. The lowest BCUT2D eigenvalue weighted by Crippen LogP contribution is -2.42. The summed E-state index contributed by atoms with van der Waals surface area (Å²) in [4.78, 5) is 18.7. The number of nitrogens with one attached hydrogen (secondary N) is 2. The lowest BCUT2D eigenvalue weighted by atomic mass is 10.1. The zero-order valence-corrected chi connectivity index (χ0v) is 17.5. The quantitative estimate of drug-likeness (QED) is 0.411.